The van der Waals surface area contributed by atoms with Gasteiger partial charge in [0.15, 0.2) is 5.82 Å². The Hall–Kier alpha value is -1.75. The van der Waals surface area contributed by atoms with Crippen LogP contribution in [-0.4, -0.2) is 20.0 Å². The topological polar surface area (TPSA) is 69.6 Å². The summed E-state index contributed by atoms with van der Waals surface area (Å²) in [6.45, 7) is 2.34. The first-order chi connectivity index (χ1) is 6.79. The van der Waals surface area contributed by atoms with Gasteiger partial charge in [-0.2, -0.15) is 10.2 Å². The highest BCUT2D eigenvalue weighted by molar-refractivity contribution is 5.21. The minimum Gasteiger partial charge on any atom is -0.325 e. The fourth-order valence-corrected chi connectivity index (χ4v) is 1.13. The Labute approximate surface area is 81.6 Å². The molecule has 5 nitrogen and oxygen atoms in total. The smallest absolute Gasteiger partial charge is 0.175 e. The highest BCUT2D eigenvalue weighted by Crippen LogP contribution is 2.03. The predicted molar refractivity (Wildman–Crippen MR) is 51.8 cm³/mol. The monoisotopic (exact) mass is 189 g/mol. The van der Waals surface area contributed by atoms with E-state index in [1.165, 1.54) is 0 Å². The largest absolute Gasteiger partial charge is 0.325 e. The van der Waals surface area contributed by atoms with Crippen LogP contribution < -0.4 is 5.73 Å². The van der Waals surface area contributed by atoms with Crippen LogP contribution in [0.25, 0.3) is 5.82 Å². The number of nitrogens with zero attached hydrogens (tertiary/aromatic N) is 4. The molecule has 0 unspecified atom stereocenters. The maximum Gasteiger partial charge on any atom is 0.175 e. The van der Waals surface area contributed by atoms with Gasteiger partial charge in [0.05, 0.1) is 11.4 Å². The van der Waals surface area contributed by atoms with Gasteiger partial charge in [0, 0.05) is 12.7 Å². The summed E-state index contributed by atoms with van der Waals surface area (Å²) in [7, 11) is 0. The summed E-state index contributed by atoms with van der Waals surface area (Å²) < 4.78 is 1.68. The molecule has 2 heterocycles. The van der Waals surface area contributed by atoms with Crippen LogP contribution in [0, 0.1) is 6.92 Å². The van der Waals surface area contributed by atoms with E-state index in [1.807, 2.05) is 31.3 Å². The lowest BCUT2D eigenvalue weighted by atomic mass is 10.4. The van der Waals surface area contributed by atoms with Crippen LogP contribution in [0.2, 0.25) is 0 Å². The molecule has 0 spiro atoms. The average Bonchev–Trinajstić information content (AvgIpc) is 2.65. The molecule has 0 saturated heterocycles. The molecule has 0 saturated carbocycles. The van der Waals surface area contributed by atoms with Gasteiger partial charge in [-0.15, -0.1) is 5.10 Å². The molecule has 2 aromatic rings. The zero-order valence-corrected chi connectivity index (χ0v) is 7.88. The van der Waals surface area contributed by atoms with Crippen molar-refractivity contribution >= 4 is 0 Å². The van der Waals surface area contributed by atoms with E-state index in [9.17, 15) is 0 Å². The zero-order chi connectivity index (χ0) is 9.97. The lowest BCUT2D eigenvalue weighted by Crippen LogP contribution is -2.05. The summed E-state index contributed by atoms with van der Waals surface area (Å²) in [5, 5.41) is 12.2. The number of hydrogen-bond donors (Lipinski definition) is 1. The lowest BCUT2D eigenvalue weighted by molar-refractivity contribution is 0.785. The molecule has 0 bridgehead atoms. The SMILES string of the molecule is Cc1ccn(-c2ccc(CN)nn2)n1. The van der Waals surface area contributed by atoms with Gasteiger partial charge < -0.3 is 5.73 Å². The van der Waals surface area contributed by atoms with E-state index in [4.69, 9.17) is 5.73 Å². The van der Waals surface area contributed by atoms with E-state index in [0.29, 0.717) is 12.4 Å². The second-order valence-corrected chi connectivity index (χ2v) is 2.99. The first kappa shape index (κ1) is 8.83. The number of nitrogens with two attached hydrogens (primary N) is 1. The van der Waals surface area contributed by atoms with E-state index in [1.54, 1.807) is 4.68 Å². The first-order valence-corrected chi connectivity index (χ1v) is 4.35. The summed E-state index contributed by atoms with van der Waals surface area (Å²) in [5.74, 6) is 0.704. The molecule has 72 valence electrons. The third-order valence-corrected chi connectivity index (χ3v) is 1.87. The van der Waals surface area contributed by atoms with E-state index < -0.39 is 0 Å². The fourth-order valence-electron chi connectivity index (χ4n) is 1.13. The molecule has 14 heavy (non-hydrogen) atoms. The normalized spacial score (nSPS) is 10.4. The quantitative estimate of drug-likeness (QED) is 0.743. The summed E-state index contributed by atoms with van der Waals surface area (Å²) in [6.07, 6.45) is 1.85. The highest BCUT2D eigenvalue weighted by atomic mass is 15.3. The molecule has 0 aromatic carbocycles. The molecule has 0 aliphatic carbocycles. The molecule has 2 N–H and O–H groups in total. The molecular weight excluding hydrogens is 178 g/mol. The Balaban J connectivity index is 2.33. The Kier molecular flexibility index (Phi) is 2.24. The van der Waals surface area contributed by atoms with Crippen LogP contribution in [0.1, 0.15) is 11.4 Å². The summed E-state index contributed by atoms with van der Waals surface area (Å²) in [4.78, 5) is 0. The van der Waals surface area contributed by atoms with Crippen LogP contribution >= 0.6 is 0 Å². The van der Waals surface area contributed by atoms with Crippen LogP contribution in [-0.2, 0) is 6.54 Å². The average molecular weight is 189 g/mol. The van der Waals surface area contributed by atoms with Gasteiger partial charge in [-0.05, 0) is 25.1 Å². The number of aryl methyl sites for hydroxylation is 1. The number of aromatic nitrogens is 4. The van der Waals surface area contributed by atoms with Crippen LogP contribution in [0.15, 0.2) is 24.4 Å². The highest BCUT2D eigenvalue weighted by Gasteiger charge is 1.99. The molecule has 0 fully saturated rings. The second-order valence-electron chi connectivity index (χ2n) is 2.99. The molecule has 2 aromatic heterocycles. The minimum absolute atomic E-state index is 0.408. The van der Waals surface area contributed by atoms with Crippen molar-refractivity contribution in [3.05, 3.63) is 35.8 Å². The lowest BCUT2D eigenvalue weighted by Gasteiger charge is -1.99. The molecule has 0 amide bonds. The minimum atomic E-state index is 0.408. The van der Waals surface area contributed by atoms with Crippen molar-refractivity contribution < 1.29 is 0 Å². The van der Waals surface area contributed by atoms with Gasteiger partial charge in [-0.3, -0.25) is 0 Å². The van der Waals surface area contributed by atoms with Crippen LogP contribution in [0.5, 0.6) is 0 Å². The van der Waals surface area contributed by atoms with Gasteiger partial charge in [0.25, 0.3) is 0 Å². The summed E-state index contributed by atoms with van der Waals surface area (Å²) in [6, 6.07) is 5.61. The van der Waals surface area contributed by atoms with Crippen molar-refractivity contribution in [2.45, 2.75) is 13.5 Å². The van der Waals surface area contributed by atoms with Gasteiger partial charge in [-0.1, -0.05) is 0 Å². The summed E-state index contributed by atoms with van der Waals surface area (Å²) >= 11 is 0. The molecule has 5 heteroatoms. The van der Waals surface area contributed by atoms with Crippen molar-refractivity contribution in [2.24, 2.45) is 5.73 Å². The van der Waals surface area contributed by atoms with Crippen LogP contribution in [0.4, 0.5) is 0 Å². The van der Waals surface area contributed by atoms with E-state index >= 15 is 0 Å². The molecule has 0 radical (unpaired) electrons. The van der Waals surface area contributed by atoms with Crippen molar-refractivity contribution in [3.63, 3.8) is 0 Å². The molecule has 2 rings (SSSR count). The second kappa shape index (κ2) is 3.55. The van der Waals surface area contributed by atoms with Crippen molar-refractivity contribution in [3.8, 4) is 5.82 Å². The Morgan fingerprint density at radius 1 is 1.29 bits per heavy atom. The first-order valence-electron chi connectivity index (χ1n) is 4.35. The molecule has 0 atom stereocenters. The number of hydrogen-bond acceptors (Lipinski definition) is 4. The Morgan fingerprint density at radius 2 is 2.14 bits per heavy atom. The fraction of sp³-hybridized carbons (Fsp3) is 0.222. The van der Waals surface area contributed by atoms with E-state index in [-0.39, 0.29) is 0 Å². The maximum absolute atomic E-state index is 5.42. The van der Waals surface area contributed by atoms with Crippen molar-refractivity contribution in [2.75, 3.05) is 0 Å². The van der Waals surface area contributed by atoms with Crippen LogP contribution in [0.3, 0.4) is 0 Å². The van der Waals surface area contributed by atoms with Gasteiger partial charge >= 0.3 is 0 Å². The Bertz CT molecular complexity index is 417. The van der Waals surface area contributed by atoms with Crippen molar-refractivity contribution in [1.29, 1.82) is 0 Å². The maximum atomic E-state index is 5.42. The van der Waals surface area contributed by atoms with Gasteiger partial charge in [-0.25, -0.2) is 4.68 Å². The zero-order valence-electron chi connectivity index (χ0n) is 7.88. The van der Waals surface area contributed by atoms with E-state index in [0.717, 1.165) is 11.4 Å². The molecule has 0 aliphatic heterocycles. The molecular formula is C9H11N5. The van der Waals surface area contributed by atoms with Gasteiger partial charge in [0.1, 0.15) is 0 Å². The third-order valence-electron chi connectivity index (χ3n) is 1.87. The van der Waals surface area contributed by atoms with Crippen molar-refractivity contribution in [1.82, 2.24) is 20.0 Å². The predicted octanol–water partition coefficient (Wildman–Crippen LogP) is 0.429. The standard InChI is InChI=1S/C9H11N5/c1-7-4-5-14(13-7)9-3-2-8(6-10)11-12-9/h2-5H,6,10H2,1H3. The van der Waals surface area contributed by atoms with Gasteiger partial charge in [0.2, 0.25) is 0 Å². The summed E-state index contributed by atoms with van der Waals surface area (Å²) in [5.41, 5.74) is 7.15. The Morgan fingerprint density at radius 3 is 2.64 bits per heavy atom. The molecule has 0 aliphatic rings. The van der Waals surface area contributed by atoms with E-state index in [2.05, 4.69) is 15.3 Å². The third kappa shape index (κ3) is 1.62. The number of rotatable bonds is 2.